The van der Waals surface area contributed by atoms with Crippen LogP contribution in [0.1, 0.15) is 46.0 Å². The molecule has 0 amide bonds. The molecule has 13 heavy (non-hydrogen) atoms. The molecule has 1 aliphatic carbocycles. The summed E-state index contributed by atoms with van der Waals surface area (Å²) in [7, 11) is 0. The second-order valence-electron chi connectivity index (χ2n) is 4.82. The molecule has 0 radical (unpaired) electrons. The van der Waals surface area contributed by atoms with Crippen LogP contribution >= 0.6 is 0 Å². The van der Waals surface area contributed by atoms with Crippen LogP contribution in [0.2, 0.25) is 0 Å². The maximum atomic E-state index is 8.41. The Morgan fingerprint density at radius 2 is 2.31 bits per heavy atom. The van der Waals surface area contributed by atoms with Gasteiger partial charge < -0.3 is 5.32 Å². The average molecular weight is 180 g/mol. The van der Waals surface area contributed by atoms with E-state index in [0.29, 0.717) is 17.9 Å². The SMILES string of the molecule is CC1(C)CCCC(NCCC#N)C1. The quantitative estimate of drug-likeness (QED) is 0.677. The Kier molecular flexibility index (Phi) is 3.74. The minimum atomic E-state index is 0.503. The first kappa shape index (κ1) is 10.5. The van der Waals surface area contributed by atoms with Gasteiger partial charge in [-0.15, -0.1) is 0 Å². The molecule has 0 aromatic carbocycles. The second-order valence-corrected chi connectivity index (χ2v) is 4.82. The van der Waals surface area contributed by atoms with E-state index in [1.807, 2.05) is 0 Å². The van der Waals surface area contributed by atoms with E-state index in [4.69, 9.17) is 5.26 Å². The molecule has 1 N–H and O–H groups in total. The highest BCUT2D eigenvalue weighted by Crippen LogP contribution is 2.34. The van der Waals surface area contributed by atoms with Gasteiger partial charge in [0.05, 0.1) is 6.07 Å². The number of nitrogens with zero attached hydrogens (tertiary/aromatic N) is 1. The normalized spacial score (nSPS) is 26.7. The van der Waals surface area contributed by atoms with Crippen molar-refractivity contribution >= 4 is 0 Å². The topological polar surface area (TPSA) is 35.8 Å². The molecule has 1 unspecified atom stereocenters. The van der Waals surface area contributed by atoms with E-state index in [9.17, 15) is 0 Å². The Morgan fingerprint density at radius 3 is 2.92 bits per heavy atom. The predicted octanol–water partition coefficient (Wildman–Crippen LogP) is 2.46. The Hall–Kier alpha value is -0.550. The summed E-state index contributed by atoms with van der Waals surface area (Å²) in [5.74, 6) is 0. The molecule has 1 atom stereocenters. The highest BCUT2D eigenvalue weighted by atomic mass is 14.9. The summed E-state index contributed by atoms with van der Waals surface area (Å²) in [6, 6.07) is 2.82. The van der Waals surface area contributed by atoms with E-state index in [1.165, 1.54) is 25.7 Å². The zero-order chi connectivity index (χ0) is 9.73. The fourth-order valence-corrected chi connectivity index (χ4v) is 2.20. The van der Waals surface area contributed by atoms with Gasteiger partial charge in [-0.25, -0.2) is 0 Å². The average Bonchev–Trinajstić information content (AvgIpc) is 2.03. The molecular formula is C11H20N2. The Morgan fingerprint density at radius 1 is 1.54 bits per heavy atom. The van der Waals surface area contributed by atoms with Crippen LogP contribution in [0.15, 0.2) is 0 Å². The lowest BCUT2D eigenvalue weighted by atomic mass is 9.75. The number of hydrogen-bond donors (Lipinski definition) is 1. The van der Waals surface area contributed by atoms with E-state index in [-0.39, 0.29) is 0 Å². The minimum absolute atomic E-state index is 0.503. The van der Waals surface area contributed by atoms with Crippen molar-refractivity contribution in [1.82, 2.24) is 5.32 Å². The third-order valence-electron chi connectivity index (χ3n) is 2.87. The van der Waals surface area contributed by atoms with Crippen LogP contribution in [0.4, 0.5) is 0 Å². The van der Waals surface area contributed by atoms with Gasteiger partial charge in [-0.2, -0.15) is 5.26 Å². The van der Waals surface area contributed by atoms with Crippen LogP contribution in [0.25, 0.3) is 0 Å². The van der Waals surface area contributed by atoms with Crippen LogP contribution in [-0.4, -0.2) is 12.6 Å². The van der Waals surface area contributed by atoms with Crippen LogP contribution in [0.5, 0.6) is 0 Å². The lowest BCUT2D eigenvalue weighted by molar-refractivity contribution is 0.199. The fourth-order valence-electron chi connectivity index (χ4n) is 2.20. The van der Waals surface area contributed by atoms with Crippen LogP contribution in [0.3, 0.4) is 0 Å². The molecule has 1 rings (SSSR count). The lowest BCUT2D eigenvalue weighted by Gasteiger charge is -2.35. The third kappa shape index (κ3) is 3.78. The largest absolute Gasteiger partial charge is 0.313 e. The molecule has 0 bridgehead atoms. The molecule has 0 heterocycles. The molecule has 74 valence electrons. The number of hydrogen-bond acceptors (Lipinski definition) is 2. The molecule has 1 aliphatic rings. The number of nitrogens with one attached hydrogen (secondary N) is 1. The Balaban J connectivity index is 2.23. The van der Waals surface area contributed by atoms with Crippen LogP contribution in [-0.2, 0) is 0 Å². The minimum Gasteiger partial charge on any atom is -0.313 e. The van der Waals surface area contributed by atoms with Gasteiger partial charge in [0.15, 0.2) is 0 Å². The van der Waals surface area contributed by atoms with E-state index >= 15 is 0 Å². The van der Waals surface area contributed by atoms with Crippen molar-refractivity contribution in [2.45, 2.75) is 52.0 Å². The summed E-state index contributed by atoms with van der Waals surface area (Å²) in [6.07, 6.45) is 5.87. The Labute approximate surface area is 81.3 Å². The van der Waals surface area contributed by atoms with Gasteiger partial charge in [0.2, 0.25) is 0 Å². The van der Waals surface area contributed by atoms with Crippen molar-refractivity contribution in [2.24, 2.45) is 5.41 Å². The summed E-state index contributed by atoms with van der Waals surface area (Å²) < 4.78 is 0. The van der Waals surface area contributed by atoms with Gasteiger partial charge >= 0.3 is 0 Å². The van der Waals surface area contributed by atoms with Crippen molar-refractivity contribution in [3.05, 3.63) is 0 Å². The summed E-state index contributed by atoms with van der Waals surface area (Å²) in [6.45, 7) is 5.54. The van der Waals surface area contributed by atoms with E-state index in [2.05, 4.69) is 25.2 Å². The van der Waals surface area contributed by atoms with Crippen molar-refractivity contribution < 1.29 is 0 Å². The molecule has 0 spiro atoms. The Bertz CT molecular complexity index is 191. The summed E-state index contributed by atoms with van der Waals surface area (Å²) >= 11 is 0. The van der Waals surface area contributed by atoms with Crippen molar-refractivity contribution in [2.75, 3.05) is 6.54 Å². The zero-order valence-electron chi connectivity index (χ0n) is 8.77. The second kappa shape index (κ2) is 4.62. The highest BCUT2D eigenvalue weighted by Gasteiger charge is 2.27. The maximum absolute atomic E-state index is 8.41. The first-order valence-corrected chi connectivity index (χ1v) is 5.24. The number of nitriles is 1. The van der Waals surface area contributed by atoms with Gasteiger partial charge in [0.1, 0.15) is 0 Å². The molecule has 1 saturated carbocycles. The van der Waals surface area contributed by atoms with E-state index in [1.54, 1.807) is 0 Å². The van der Waals surface area contributed by atoms with Crippen molar-refractivity contribution in [3.63, 3.8) is 0 Å². The zero-order valence-corrected chi connectivity index (χ0v) is 8.77. The van der Waals surface area contributed by atoms with E-state index < -0.39 is 0 Å². The van der Waals surface area contributed by atoms with Crippen molar-refractivity contribution in [1.29, 1.82) is 5.26 Å². The lowest BCUT2D eigenvalue weighted by Crippen LogP contribution is -2.37. The van der Waals surface area contributed by atoms with Crippen LogP contribution < -0.4 is 5.32 Å². The third-order valence-corrected chi connectivity index (χ3v) is 2.87. The van der Waals surface area contributed by atoms with Gasteiger partial charge in [-0.05, 0) is 24.7 Å². The summed E-state index contributed by atoms with van der Waals surface area (Å²) in [5, 5.41) is 11.9. The fraction of sp³-hybridized carbons (Fsp3) is 0.909. The first-order chi connectivity index (χ1) is 6.14. The maximum Gasteiger partial charge on any atom is 0.0635 e. The monoisotopic (exact) mass is 180 g/mol. The molecule has 0 aromatic rings. The van der Waals surface area contributed by atoms with Gasteiger partial charge in [0, 0.05) is 19.0 Å². The molecule has 1 fully saturated rings. The molecule has 0 saturated heterocycles. The first-order valence-electron chi connectivity index (χ1n) is 5.24. The molecule has 0 aliphatic heterocycles. The smallest absolute Gasteiger partial charge is 0.0635 e. The summed E-state index contributed by atoms with van der Waals surface area (Å²) in [4.78, 5) is 0. The van der Waals surface area contributed by atoms with Crippen molar-refractivity contribution in [3.8, 4) is 6.07 Å². The standard InChI is InChI=1S/C11H20N2/c1-11(2)6-3-5-10(9-11)13-8-4-7-12/h10,13H,3-6,8-9H2,1-2H3. The molecule has 2 heteroatoms. The number of rotatable bonds is 3. The van der Waals surface area contributed by atoms with Gasteiger partial charge in [-0.3, -0.25) is 0 Å². The molecule has 2 nitrogen and oxygen atoms in total. The highest BCUT2D eigenvalue weighted by molar-refractivity contribution is 4.84. The van der Waals surface area contributed by atoms with Gasteiger partial charge in [0.25, 0.3) is 0 Å². The molecular weight excluding hydrogens is 160 g/mol. The predicted molar refractivity (Wildman–Crippen MR) is 54.3 cm³/mol. The van der Waals surface area contributed by atoms with Gasteiger partial charge in [-0.1, -0.05) is 20.3 Å². The van der Waals surface area contributed by atoms with E-state index in [0.717, 1.165) is 6.54 Å². The molecule has 0 aromatic heterocycles. The van der Waals surface area contributed by atoms with Crippen LogP contribution in [0, 0.1) is 16.7 Å². The summed E-state index contributed by atoms with van der Waals surface area (Å²) in [5.41, 5.74) is 0.503.